The molecule has 5 heteroatoms. The largest absolute Gasteiger partial charge is 0.312 e. The van der Waals surface area contributed by atoms with Gasteiger partial charge in [-0.15, -0.1) is 11.3 Å². The lowest BCUT2D eigenvalue weighted by Gasteiger charge is -2.16. The van der Waals surface area contributed by atoms with Crippen molar-refractivity contribution in [1.82, 2.24) is 5.32 Å². The molecule has 1 aromatic heterocycles. The molecular weight excluding hydrogens is 276 g/mol. The van der Waals surface area contributed by atoms with E-state index in [-0.39, 0.29) is 6.04 Å². The summed E-state index contributed by atoms with van der Waals surface area (Å²) in [6, 6.07) is 5.90. The molecule has 2 aromatic rings. The quantitative estimate of drug-likeness (QED) is 0.889. The summed E-state index contributed by atoms with van der Waals surface area (Å²) in [7, 11) is 1.78. The SMILES string of the molecule is CNC(Cc1cccc(F)c1F)c1sccc1Cl. The third-order valence-electron chi connectivity index (χ3n) is 2.77. The predicted octanol–water partition coefficient (Wildman–Crippen LogP) is 4.18. The summed E-state index contributed by atoms with van der Waals surface area (Å²) in [5.74, 6) is -1.61. The fourth-order valence-electron chi connectivity index (χ4n) is 1.81. The van der Waals surface area contributed by atoms with Gasteiger partial charge in [-0.2, -0.15) is 0 Å². The van der Waals surface area contributed by atoms with Crippen molar-refractivity contribution in [3.63, 3.8) is 0 Å². The Morgan fingerprint density at radius 3 is 2.72 bits per heavy atom. The molecule has 0 saturated heterocycles. The molecule has 1 unspecified atom stereocenters. The van der Waals surface area contributed by atoms with Crippen LogP contribution in [0.4, 0.5) is 8.78 Å². The van der Waals surface area contributed by atoms with Gasteiger partial charge in [-0.25, -0.2) is 8.78 Å². The zero-order chi connectivity index (χ0) is 13.1. The highest BCUT2D eigenvalue weighted by atomic mass is 35.5. The van der Waals surface area contributed by atoms with E-state index in [4.69, 9.17) is 11.6 Å². The lowest BCUT2D eigenvalue weighted by Crippen LogP contribution is -2.18. The van der Waals surface area contributed by atoms with Crippen molar-refractivity contribution < 1.29 is 8.78 Å². The smallest absolute Gasteiger partial charge is 0.162 e. The minimum atomic E-state index is -0.820. The Bertz CT molecular complexity index is 542. The minimum Gasteiger partial charge on any atom is -0.312 e. The number of halogens is 3. The zero-order valence-electron chi connectivity index (χ0n) is 9.71. The Labute approximate surface area is 113 Å². The number of thiophene rings is 1. The highest BCUT2D eigenvalue weighted by molar-refractivity contribution is 7.10. The number of nitrogens with one attached hydrogen (secondary N) is 1. The minimum absolute atomic E-state index is 0.117. The van der Waals surface area contributed by atoms with Gasteiger partial charge in [0.05, 0.1) is 5.02 Å². The average molecular weight is 288 g/mol. The molecule has 1 heterocycles. The Kier molecular flexibility index (Phi) is 4.32. The van der Waals surface area contributed by atoms with E-state index in [0.717, 1.165) is 10.9 Å². The van der Waals surface area contributed by atoms with Gasteiger partial charge < -0.3 is 5.32 Å². The summed E-state index contributed by atoms with van der Waals surface area (Å²) in [5, 5.41) is 5.61. The Morgan fingerprint density at radius 2 is 2.11 bits per heavy atom. The van der Waals surface area contributed by atoms with Crippen molar-refractivity contribution in [2.75, 3.05) is 7.05 Å². The molecule has 0 saturated carbocycles. The van der Waals surface area contributed by atoms with Gasteiger partial charge >= 0.3 is 0 Å². The van der Waals surface area contributed by atoms with Gasteiger partial charge in [-0.05, 0) is 36.5 Å². The van der Waals surface area contributed by atoms with Gasteiger partial charge in [0.25, 0.3) is 0 Å². The van der Waals surface area contributed by atoms with Gasteiger partial charge in [0.1, 0.15) is 0 Å². The molecule has 0 radical (unpaired) electrons. The number of hydrogen-bond donors (Lipinski definition) is 1. The summed E-state index contributed by atoms with van der Waals surface area (Å²) >= 11 is 7.55. The number of hydrogen-bond acceptors (Lipinski definition) is 2. The van der Waals surface area contributed by atoms with Crippen molar-refractivity contribution in [3.8, 4) is 0 Å². The Morgan fingerprint density at radius 1 is 1.33 bits per heavy atom. The first-order valence-electron chi connectivity index (χ1n) is 5.46. The molecule has 0 spiro atoms. The lowest BCUT2D eigenvalue weighted by molar-refractivity contribution is 0.488. The van der Waals surface area contributed by atoms with E-state index in [1.165, 1.54) is 17.4 Å². The number of rotatable bonds is 4. The molecule has 1 atom stereocenters. The number of benzene rings is 1. The van der Waals surface area contributed by atoms with Crippen LogP contribution in [-0.4, -0.2) is 7.05 Å². The molecule has 1 nitrogen and oxygen atoms in total. The Balaban J connectivity index is 2.26. The molecule has 96 valence electrons. The number of likely N-dealkylation sites (N-methyl/N-ethyl adjacent to an activating group) is 1. The molecule has 0 fully saturated rings. The molecule has 18 heavy (non-hydrogen) atoms. The fraction of sp³-hybridized carbons (Fsp3) is 0.231. The molecule has 0 aliphatic heterocycles. The van der Waals surface area contributed by atoms with Crippen LogP contribution >= 0.6 is 22.9 Å². The molecule has 1 N–H and O–H groups in total. The van der Waals surface area contributed by atoms with Gasteiger partial charge in [-0.3, -0.25) is 0 Å². The van der Waals surface area contributed by atoms with E-state index in [1.807, 2.05) is 5.38 Å². The van der Waals surface area contributed by atoms with Crippen LogP contribution in [0.2, 0.25) is 5.02 Å². The van der Waals surface area contributed by atoms with Crippen LogP contribution in [0.25, 0.3) is 0 Å². The third-order valence-corrected chi connectivity index (χ3v) is 4.24. The van der Waals surface area contributed by atoms with Gasteiger partial charge in [0.2, 0.25) is 0 Å². The second-order valence-electron chi connectivity index (χ2n) is 3.89. The summed E-state index contributed by atoms with van der Waals surface area (Å²) < 4.78 is 26.7. The van der Waals surface area contributed by atoms with Crippen molar-refractivity contribution in [1.29, 1.82) is 0 Å². The standard InChI is InChI=1S/C13H12ClF2NS/c1-17-11(13-9(14)5-6-18-13)7-8-3-2-4-10(15)12(8)16/h2-6,11,17H,7H2,1H3. The topological polar surface area (TPSA) is 12.0 Å². The van der Waals surface area contributed by atoms with Crippen molar-refractivity contribution in [3.05, 3.63) is 56.7 Å². The van der Waals surface area contributed by atoms with Crippen LogP contribution in [0.3, 0.4) is 0 Å². The van der Waals surface area contributed by atoms with Gasteiger partial charge in [-0.1, -0.05) is 23.7 Å². The lowest BCUT2D eigenvalue weighted by atomic mass is 10.0. The molecule has 1 aromatic carbocycles. The van der Waals surface area contributed by atoms with Crippen LogP contribution in [0, 0.1) is 11.6 Å². The summed E-state index contributed by atoms with van der Waals surface area (Å²) in [6.45, 7) is 0. The summed E-state index contributed by atoms with van der Waals surface area (Å²) in [4.78, 5) is 0.933. The van der Waals surface area contributed by atoms with E-state index in [9.17, 15) is 8.78 Å². The molecule has 0 aliphatic carbocycles. The maximum atomic E-state index is 13.6. The van der Waals surface area contributed by atoms with Gasteiger partial charge in [0.15, 0.2) is 11.6 Å². The molecule has 0 bridgehead atoms. The van der Waals surface area contributed by atoms with E-state index in [0.29, 0.717) is 17.0 Å². The van der Waals surface area contributed by atoms with Crippen molar-refractivity contribution >= 4 is 22.9 Å². The first-order valence-corrected chi connectivity index (χ1v) is 6.72. The monoisotopic (exact) mass is 287 g/mol. The predicted molar refractivity (Wildman–Crippen MR) is 71.2 cm³/mol. The third kappa shape index (κ3) is 2.71. The van der Waals surface area contributed by atoms with E-state index < -0.39 is 11.6 Å². The van der Waals surface area contributed by atoms with Crippen LogP contribution in [-0.2, 0) is 6.42 Å². The maximum absolute atomic E-state index is 13.6. The average Bonchev–Trinajstić information content (AvgIpc) is 2.77. The maximum Gasteiger partial charge on any atom is 0.162 e. The molecule has 0 amide bonds. The summed E-state index contributed by atoms with van der Waals surface area (Å²) in [5.41, 5.74) is 0.346. The second-order valence-corrected chi connectivity index (χ2v) is 5.25. The zero-order valence-corrected chi connectivity index (χ0v) is 11.3. The van der Waals surface area contributed by atoms with Crippen LogP contribution < -0.4 is 5.32 Å². The first kappa shape index (κ1) is 13.5. The van der Waals surface area contributed by atoms with E-state index in [1.54, 1.807) is 19.2 Å². The van der Waals surface area contributed by atoms with Crippen LogP contribution in [0.5, 0.6) is 0 Å². The second kappa shape index (κ2) is 5.78. The van der Waals surface area contributed by atoms with E-state index >= 15 is 0 Å². The molecule has 2 rings (SSSR count). The highest BCUT2D eigenvalue weighted by Crippen LogP contribution is 2.31. The normalized spacial score (nSPS) is 12.7. The van der Waals surface area contributed by atoms with Gasteiger partial charge in [0, 0.05) is 10.9 Å². The fourth-order valence-corrected chi connectivity index (χ4v) is 3.11. The van der Waals surface area contributed by atoms with Crippen molar-refractivity contribution in [2.45, 2.75) is 12.5 Å². The van der Waals surface area contributed by atoms with E-state index in [2.05, 4.69) is 5.32 Å². The van der Waals surface area contributed by atoms with Crippen LogP contribution in [0.15, 0.2) is 29.6 Å². The molecular formula is C13H12ClF2NS. The molecule has 0 aliphatic rings. The highest BCUT2D eigenvalue weighted by Gasteiger charge is 2.18. The van der Waals surface area contributed by atoms with Crippen LogP contribution in [0.1, 0.15) is 16.5 Å². The summed E-state index contributed by atoms with van der Waals surface area (Å²) in [6.07, 6.45) is 0.361. The Hall–Kier alpha value is -0.970. The van der Waals surface area contributed by atoms with Crippen molar-refractivity contribution in [2.24, 2.45) is 0 Å². The first-order chi connectivity index (χ1) is 8.63.